The van der Waals surface area contributed by atoms with Crippen LogP contribution in [0.15, 0.2) is 0 Å². The lowest BCUT2D eigenvalue weighted by molar-refractivity contribution is -0.120. The Morgan fingerprint density at radius 2 is 1.73 bits per heavy atom. The molecular formula is C10H20O. The highest BCUT2D eigenvalue weighted by atomic mass is 16.1. The molecule has 0 aliphatic heterocycles. The summed E-state index contributed by atoms with van der Waals surface area (Å²) >= 11 is 0. The lowest BCUT2D eigenvalue weighted by atomic mass is 9.97. The Balaban J connectivity index is 3.31. The van der Waals surface area contributed by atoms with Crippen molar-refractivity contribution in [2.45, 2.75) is 47.0 Å². The summed E-state index contributed by atoms with van der Waals surface area (Å²) in [5.41, 5.74) is 0. The van der Waals surface area contributed by atoms with Crippen LogP contribution in [0.4, 0.5) is 0 Å². The largest absolute Gasteiger partial charge is 0.300 e. The van der Waals surface area contributed by atoms with Gasteiger partial charge >= 0.3 is 0 Å². The molecule has 11 heavy (non-hydrogen) atoms. The number of hydrogen-bond acceptors (Lipinski definition) is 1. The number of hydrogen-bond donors (Lipinski definition) is 0. The fourth-order valence-corrected chi connectivity index (χ4v) is 1.04. The highest BCUT2D eigenvalue weighted by Crippen LogP contribution is 2.12. The van der Waals surface area contributed by atoms with Gasteiger partial charge in [0.15, 0.2) is 0 Å². The third kappa shape index (κ3) is 6.08. The first-order valence-electron chi connectivity index (χ1n) is 4.54. The van der Waals surface area contributed by atoms with E-state index in [4.69, 9.17) is 0 Å². The summed E-state index contributed by atoms with van der Waals surface area (Å²) in [6.07, 6.45) is 3.50. The summed E-state index contributed by atoms with van der Waals surface area (Å²) < 4.78 is 0. The van der Waals surface area contributed by atoms with Crippen molar-refractivity contribution in [3.8, 4) is 0 Å². The van der Waals surface area contributed by atoms with Crippen molar-refractivity contribution >= 4 is 5.78 Å². The summed E-state index contributed by atoms with van der Waals surface area (Å²) in [6.45, 7) is 8.14. The first kappa shape index (κ1) is 10.7. The van der Waals surface area contributed by atoms with Crippen molar-refractivity contribution in [3.05, 3.63) is 0 Å². The molecule has 0 aliphatic carbocycles. The van der Waals surface area contributed by atoms with E-state index in [2.05, 4.69) is 13.8 Å². The SMILES string of the molecule is CC(=O)[C@H](C)CCCC(C)C. The molecule has 1 atom stereocenters. The van der Waals surface area contributed by atoms with Gasteiger partial charge in [0, 0.05) is 5.92 Å². The van der Waals surface area contributed by atoms with Gasteiger partial charge in [-0.2, -0.15) is 0 Å². The first-order valence-corrected chi connectivity index (χ1v) is 4.54. The predicted molar refractivity (Wildman–Crippen MR) is 48.5 cm³/mol. The van der Waals surface area contributed by atoms with E-state index in [9.17, 15) is 4.79 Å². The molecule has 0 amide bonds. The van der Waals surface area contributed by atoms with Crippen LogP contribution in [0.1, 0.15) is 47.0 Å². The Kier molecular flexibility index (Phi) is 5.18. The molecule has 0 saturated heterocycles. The highest BCUT2D eigenvalue weighted by molar-refractivity contribution is 5.77. The lowest BCUT2D eigenvalue weighted by Gasteiger charge is -2.08. The van der Waals surface area contributed by atoms with Gasteiger partial charge in [0.2, 0.25) is 0 Å². The van der Waals surface area contributed by atoms with Crippen LogP contribution in [0.25, 0.3) is 0 Å². The Hall–Kier alpha value is -0.330. The average Bonchev–Trinajstić information content (AvgIpc) is 1.86. The van der Waals surface area contributed by atoms with Crippen molar-refractivity contribution in [1.29, 1.82) is 0 Å². The van der Waals surface area contributed by atoms with Gasteiger partial charge < -0.3 is 0 Å². The zero-order chi connectivity index (χ0) is 8.85. The van der Waals surface area contributed by atoms with Gasteiger partial charge in [-0.25, -0.2) is 0 Å². The molecule has 66 valence electrons. The Morgan fingerprint density at radius 3 is 2.09 bits per heavy atom. The molecule has 0 aromatic heterocycles. The van der Waals surface area contributed by atoms with E-state index < -0.39 is 0 Å². The molecular weight excluding hydrogens is 136 g/mol. The van der Waals surface area contributed by atoms with Crippen LogP contribution in [0, 0.1) is 11.8 Å². The number of Topliss-reactive ketones (excluding diaryl/α,β-unsaturated/α-hetero) is 1. The van der Waals surface area contributed by atoms with Gasteiger partial charge in [-0.15, -0.1) is 0 Å². The van der Waals surface area contributed by atoms with Crippen molar-refractivity contribution in [3.63, 3.8) is 0 Å². The summed E-state index contributed by atoms with van der Waals surface area (Å²) in [4.78, 5) is 10.8. The fraction of sp³-hybridized carbons (Fsp3) is 0.900. The summed E-state index contributed by atoms with van der Waals surface area (Å²) in [7, 11) is 0. The van der Waals surface area contributed by atoms with Crippen LogP contribution in [0.3, 0.4) is 0 Å². The second kappa shape index (κ2) is 5.34. The van der Waals surface area contributed by atoms with Crippen molar-refractivity contribution in [2.75, 3.05) is 0 Å². The zero-order valence-electron chi connectivity index (χ0n) is 8.18. The highest BCUT2D eigenvalue weighted by Gasteiger charge is 2.06. The first-order chi connectivity index (χ1) is 5.04. The summed E-state index contributed by atoms with van der Waals surface area (Å²) in [5.74, 6) is 1.37. The molecule has 0 heterocycles. The molecule has 0 radical (unpaired) electrons. The van der Waals surface area contributed by atoms with Crippen LogP contribution in [-0.2, 0) is 4.79 Å². The Labute approximate surface area is 70.2 Å². The van der Waals surface area contributed by atoms with Gasteiger partial charge in [-0.3, -0.25) is 4.79 Å². The molecule has 0 N–H and O–H groups in total. The second-order valence-corrected chi connectivity index (χ2v) is 3.84. The van der Waals surface area contributed by atoms with Crippen LogP contribution in [-0.4, -0.2) is 5.78 Å². The van der Waals surface area contributed by atoms with Gasteiger partial charge in [-0.05, 0) is 19.3 Å². The summed E-state index contributed by atoms with van der Waals surface area (Å²) in [6, 6.07) is 0. The molecule has 0 fully saturated rings. The molecule has 0 aromatic rings. The minimum Gasteiger partial charge on any atom is -0.300 e. The van der Waals surface area contributed by atoms with Crippen LogP contribution in [0.5, 0.6) is 0 Å². The van der Waals surface area contributed by atoms with E-state index in [1.807, 2.05) is 6.92 Å². The monoisotopic (exact) mass is 156 g/mol. The lowest BCUT2D eigenvalue weighted by Crippen LogP contribution is -2.06. The average molecular weight is 156 g/mol. The second-order valence-electron chi connectivity index (χ2n) is 3.84. The van der Waals surface area contributed by atoms with Crippen LogP contribution >= 0.6 is 0 Å². The van der Waals surface area contributed by atoms with Gasteiger partial charge in [0.25, 0.3) is 0 Å². The smallest absolute Gasteiger partial charge is 0.132 e. The third-order valence-corrected chi connectivity index (χ3v) is 2.11. The number of rotatable bonds is 5. The molecule has 0 aromatic carbocycles. The van der Waals surface area contributed by atoms with E-state index in [-0.39, 0.29) is 5.92 Å². The van der Waals surface area contributed by atoms with Gasteiger partial charge in [-0.1, -0.05) is 33.6 Å². The molecule has 0 bridgehead atoms. The Morgan fingerprint density at radius 1 is 1.18 bits per heavy atom. The fourth-order valence-electron chi connectivity index (χ4n) is 1.04. The van der Waals surface area contributed by atoms with Gasteiger partial charge in [0.1, 0.15) is 5.78 Å². The molecule has 1 heteroatoms. The van der Waals surface area contributed by atoms with Gasteiger partial charge in [0.05, 0.1) is 0 Å². The minimum atomic E-state index is 0.272. The van der Waals surface area contributed by atoms with Crippen molar-refractivity contribution < 1.29 is 4.79 Å². The normalized spacial score (nSPS) is 13.5. The number of carbonyl (C=O) groups is 1. The molecule has 0 spiro atoms. The maximum Gasteiger partial charge on any atom is 0.132 e. The Bertz CT molecular complexity index is 116. The van der Waals surface area contributed by atoms with Crippen molar-refractivity contribution in [2.24, 2.45) is 11.8 Å². The van der Waals surface area contributed by atoms with E-state index in [0.29, 0.717) is 5.78 Å². The zero-order valence-corrected chi connectivity index (χ0v) is 8.18. The quantitative estimate of drug-likeness (QED) is 0.598. The number of carbonyl (C=O) groups excluding carboxylic acids is 1. The van der Waals surface area contributed by atoms with Crippen LogP contribution in [0.2, 0.25) is 0 Å². The molecule has 1 nitrogen and oxygen atoms in total. The molecule has 0 aliphatic rings. The van der Waals surface area contributed by atoms with E-state index in [1.54, 1.807) is 6.92 Å². The minimum absolute atomic E-state index is 0.272. The maximum atomic E-state index is 10.8. The molecule has 0 saturated carbocycles. The van der Waals surface area contributed by atoms with Crippen LogP contribution < -0.4 is 0 Å². The topological polar surface area (TPSA) is 17.1 Å². The molecule has 0 rings (SSSR count). The third-order valence-electron chi connectivity index (χ3n) is 2.11. The van der Waals surface area contributed by atoms with E-state index in [0.717, 1.165) is 12.3 Å². The maximum absolute atomic E-state index is 10.8. The number of ketones is 1. The predicted octanol–water partition coefficient (Wildman–Crippen LogP) is 3.04. The van der Waals surface area contributed by atoms with Crippen molar-refractivity contribution in [1.82, 2.24) is 0 Å². The standard InChI is InChI=1S/C10H20O/c1-8(2)6-5-7-9(3)10(4)11/h8-9H,5-7H2,1-4H3/t9-/m1/s1. The van der Waals surface area contributed by atoms with E-state index >= 15 is 0 Å². The van der Waals surface area contributed by atoms with E-state index in [1.165, 1.54) is 12.8 Å². The summed E-state index contributed by atoms with van der Waals surface area (Å²) in [5, 5.41) is 0. The molecule has 0 unspecified atom stereocenters.